The summed E-state index contributed by atoms with van der Waals surface area (Å²) in [6, 6.07) is 0. The summed E-state index contributed by atoms with van der Waals surface area (Å²) in [4.78, 5) is 10.1. The number of nitrogen functional groups attached to an aromatic ring is 1. The molecule has 0 aliphatic rings. The molecule has 0 saturated carbocycles. The fourth-order valence-corrected chi connectivity index (χ4v) is 0.791. The SMILES string of the molecule is Nc1c[n+](CCCC(=O)O)no1.[Cl-]. The van der Waals surface area contributed by atoms with E-state index in [4.69, 9.17) is 10.8 Å². The quantitative estimate of drug-likeness (QED) is 0.498. The van der Waals surface area contributed by atoms with E-state index in [1.54, 1.807) is 0 Å². The summed E-state index contributed by atoms with van der Waals surface area (Å²) in [6.07, 6.45) is 2.16. The van der Waals surface area contributed by atoms with Crippen molar-refractivity contribution in [1.82, 2.24) is 5.27 Å². The molecule has 0 radical (unpaired) electrons. The number of carboxylic acids is 1. The molecule has 74 valence electrons. The molecular weight excluding hydrogens is 198 g/mol. The van der Waals surface area contributed by atoms with Crippen molar-refractivity contribution in [3.63, 3.8) is 0 Å². The van der Waals surface area contributed by atoms with Crippen LogP contribution in [0, 0.1) is 0 Å². The van der Waals surface area contributed by atoms with Crippen molar-refractivity contribution in [2.45, 2.75) is 19.4 Å². The van der Waals surface area contributed by atoms with Crippen molar-refractivity contribution in [2.24, 2.45) is 0 Å². The normalized spacial score (nSPS) is 9.23. The number of carboxylic acid groups (broad SMARTS) is 1. The van der Waals surface area contributed by atoms with E-state index in [0.717, 1.165) is 0 Å². The van der Waals surface area contributed by atoms with Crippen LogP contribution in [-0.2, 0) is 11.3 Å². The summed E-state index contributed by atoms with van der Waals surface area (Å²) in [7, 11) is 0. The van der Waals surface area contributed by atoms with Crippen LogP contribution in [0.15, 0.2) is 10.7 Å². The van der Waals surface area contributed by atoms with Gasteiger partial charge >= 0.3 is 5.97 Å². The monoisotopic (exact) mass is 207 g/mol. The highest BCUT2D eigenvalue weighted by Crippen LogP contribution is 1.92. The maximum atomic E-state index is 10.1. The number of aromatic nitrogens is 2. The minimum Gasteiger partial charge on any atom is -1.00 e. The van der Waals surface area contributed by atoms with E-state index in [1.165, 1.54) is 10.9 Å². The Labute approximate surface area is 80.7 Å². The molecule has 3 N–H and O–H groups in total. The Balaban J connectivity index is 0.00000144. The summed E-state index contributed by atoms with van der Waals surface area (Å²) in [5.74, 6) is -0.586. The third-order valence-corrected chi connectivity index (χ3v) is 1.31. The first-order valence-electron chi connectivity index (χ1n) is 3.52. The van der Waals surface area contributed by atoms with Gasteiger partial charge < -0.3 is 23.2 Å². The lowest BCUT2D eigenvalue weighted by Crippen LogP contribution is -3.00. The predicted molar refractivity (Wildman–Crippen MR) is 38.0 cm³/mol. The fourth-order valence-electron chi connectivity index (χ4n) is 0.791. The van der Waals surface area contributed by atoms with Crippen molar-refractivity contribution in [1.29, 1.82) is 0 Å². The minimum atomic E-state index is -0.813. The van der Waals surface area contributed by atoms with Crippen LogP contribution < -0.4 is 22.8 Å². The Morgan fingerprint density at radius 2 is 2.46 bits per heavy atom. The van der Waals surface area contributed by atoms with Gasteiger partial charge in [0.2, 0.25) is 5.27 Å². The van der Waals surface area contributed by atoms with Gasteiger partial charge in [0.15, 0.2) is 6.54 Å². The molecule has 0 amide bonds. The first-order chi connectivity index (χ1) is 5.68. The number of nitrogens with zero attached hydrogens (tertiary/aromatic N) is 2. The van der Waals surface area contributed by atoms with Gasteiger partial charge in [-0.25, -0.2) is 0 Å². The Hall–Kier alpha value is -1.30. The smallest absolute Gasteiger partial charge is 0.303 e. The zero-order valence-electron chi connectivity index (χ0n) is 6.81. The van der Waals surface area contributed by atoms with Gasteiger partial charge in [0, 0.05) is 6.42 Å². The second kappa shape index (κ2) is 5.36. The first-order valence-corrected chi connectivity index (χ1v) is 3.52. The second-order valence-corrected chi connectivity index (χ2v) is 2.36. The van der Waals surface area contributed by atoms with E-state index in [1.807, 2.05) is 0 Å². The Bertz CT molecular complexity index is 276. The molecule has 1 heterocycles. The van der Waals surface area contributed by atoms with Crippen LogP contribution >= 0.6 is 0 Å². The number of aryl methyl sites for hydroxylation is 1. The summed E-state index contributed by atoms with van der Waals surface area (Å²) in [6.45, 7) is 0.507. The standard InChI is InChI=1S/C6H9N3O3.ClH/c7-5-4-9(8-12-5)3-1-2-6(10)11;/h4H,1-3H2,(H2-,7,8,10,11);1H. The fraction of sp³-hybridized carbons (Fsp3) is 0.500. The van der Waals surface area contributed by atoms with Crippen LogP contribution in [-0.4, -0.2) is 16.3 Å². The number of nitrogens with two attached hydrogens (primary N) is 1. The molecular formula is C6H10ClN3O3. The third-order valence-electron chi connectivity index (χ3n) is 1.31. The minimum absolute atomic E-state index is 0. The molecule has 0 fully saturated rings. The highest BCUT2D eigenvalue weighted by Gasteiger charge is 2.08. The van der Waals surface area contributed by atoms with Crippen LogP contribution in [0.25, 0.3) is 0 Å². The van der Waals surface area contributed by atoms with Crippen LogP contribution in [0.3, 0.4) is 0 Å². The number of anilines is 1. The number of hydrogen-bond acceptors (Lipinski definition) is 4. The molecule has 0 atom stereocenters. The van der Waals surface area contributed by atoms with Gasteiger partial charge in [-0.2, -0.15) is 0 Å². The molecule has 0 saturated heterocycles. The van der Waals surface area contributed by atoms with Crippen molar-refractivity contribution in [3.05, 3.63) is 6.20 Å². The molecule has 0 aliphatic carbocycles. The van der Waals surface area contributed by atoms with Gasteiger partial charge in [0.1, 0.15) is 0 Å². The maximum absolute atomic E-state index is 10.1. The van der Waals surface area contributed by atoms with Crippen LogP contribution in [0.2, 0.25) is 0 Å². The molecule has 0 bridgehead atoms. The number of halogens is 1. The first kappa shape index (κ1) is 11.7. The van der Waals surface area contributed by atoms with E-state index in [-0.39, 0.29) is 24.7 Å². The number of rotatable bonds is 4. The van der Waals surface area contributed by atoms with Crippen LogP contribution in [0.4, 0.5) is 5.88 Å². The average Bonchev–Trinajstić information content (AvgIpc) is 2.35. The van der Waals surface area contributed by atoms with Crippen molar-refractivity contribution in [3.8, 4) is 0 Å². The largest absolute Gasteiger partial charge is 1.00 e. The summed E-state index contributed by atoms with van der Waals surface area (Å²) >= 11 is 0. The molecule has 1 rings (SSSR count). The molecule has 0 aliphatic heterocycles. The van der Waals surface area contributed by atoms with Gasteiger partial charge in [-0.15, -0.1) is 0 Å². The van der Waals surface area contributed by atoms with Gasteiger partial charge in [0.25, 0.3) is 12.1 Å². The Kier molecular flexibility index (Phi) is 4.83. The second-order valence-electron chi connectivity index (χ2n) is 2.36. The van der Waals surface area contributed by atoms with E-state index < -0.39 is 5.97 Å². The number of aliphatic carboxylic acids is 1. The van der Waals surface area contributed by atoms with E-state index >= 15 is 0 Å². The van der Waals surface area contributed by atoms with E-state index in [0.29, 0.717) is 13.0 Å². The average molecular weight is 208 g/mol. The lowest BCUT2D eigenvalue weighted by Gasteiger charge is -1.86. The molecule has 0 unspecified atom stereocenters. The van der Waals surface area contributed by atoms with Crippen LogP contribution in [0.5, 0.6) is 0 Å². The van der Waals surface area contributed by atoms with Crippen LogP contribution in [0.1, 0.15) is 12.8 Å². The molecule has 1 aromatic rings. The van der Waals surface area contributed by atoms with Gasteiger partial charge in [0.05, 0.1) is 6.42 Å². The third kappa shape index (κ3) is 4.32. The summed E-state index contributed by atoms with van der Waals surface area (Å²) < 4.78 is 6.04. The topological polar surface area (TPSA) is 93.2 Å². The Morgan fingerprint density at radius 3 is 2.92 bits per heavy atom. The highest BCUT2D eigenvalue weighted by molar-refractivity contribution is 5.66. The molecule has 1 aromatic heterocycles. The number of carbonyl (C=O) groups is 1. The lowest BCUT2D eigenvalue weighted by molar-refractivity contribution is -0.762. The van der Waals surface area contributed by atoms with E-state index in [2.05, 4.69) is 9.79 Å². The molecule has 7 heteroatoms. The van der Waals surface area contributed by atoms with E-state index in [9.17, 15) is 4.79 Å². The molecule has 6 nitrogen and oxygen atoms in total. The van der Waals surface area contributed by atoms with Crippen molar-refractivity contribution >= 4 is 11.9 Å². The lowest BCUT2D eigenvalue weighted by atomic mass is 10.3. The van der Waals surface area contributed by atoms with Gasteiger partial charge in [-0.3, -0.25) is 9.32 Å². The van der Waals surface area contributed by atoms with Crippen molar-refractivity contribution in [2.75, 3.05) is 5.73 Å². The molecule has 0 aromatic carbocycles. The zero-order valence-corrected chi connectivity index (χ0v) is 7.57. The zero-order chi connectivity index (χ0) is 8.97. The maximum Gasteiger partial charge on any atom is 0.303 e. The van der Waals surface area contributed by atoms with Crippen molar-refractivity contribution < 1.29 is 31.5 Å². The van der Waals surface area contributed by atoms with Gasteiger partial charge in [-0.1, -0.05) is 4.68 Å². The highest BCUT2D eigenvalue weighted by atomic mass is 35.5. The Morgan fingerprint density at radius 1 is 1.77 bits per heavy atom. The predicted octanol–water partition coefficient (Wildman–Crippen LogP) is -3.59. The molecule has 0 spiro atoms. The number of hydrogen-bond donors (Lipinski definition) is 2. The summed E-state index contributed by atoms with van der Waals surface area (Å²) in [5, 5.41) is 11.9. The summed E-state index contributed by atoms with van der Waals surface area (Å²) in [5.41, 5.74) is 5.24. The van der Waals surface area contributed by atoms with Gasteiger partial charge in [-0.05, 0) is 0 Å². The molecule has 13 heavy (non-hydrogen) atoms.